The first-order valence-corrected chi connectivity index (χ1v) is 11.6. The Labute approximate surface area is 203 Å². The van der Waals surface area contributed by atoms with Crippen LogP contribution in [-0.2, 0) is 13.0 Å². The van der Waals surface area contributed by atoms with Crippen LogP contribution < -0.4 is 10.2 Å². The Balaban J connectivity index is 1.34. The van der Waals surface area contributed by atoms with Crippen LogP contribution in [0.25, 0.3) is 11.1 Å². The summed E-state index contributed by atoms with van der Waals surface area (Å²) in [6.45, 7) is 0.622. The van der Waals surface area contributed by atoms with Gasteiger partial charge in [0.2, 0.25) is 0 Å². The van der Waals surface area contributed by atoms with Crippen LogP contribution in [0.1, 0.15) is 33.1 Å². The van der Waals surface area contributed by atoms with Gasteiger partial charge < -0.3 is 15.3 Å². The summed E-state index contributed by atoms with van der Waals surface area (Å²) in [6, 6.07) is 25.2. The predicted octanol–water partition coefficient (Wildman–Crippen LogP) is 4.91. The number of fused-ring (bicyclic) bond motifs is 1. The zero-order chi connectivity index (χ0) is 24.4. The number of benzene rings is 3. The lowest BCUT2D eigenvalue weighted by Crippen LogP contribution is -2.34. The molecule has 0 saturated carbocycles. The molecule has 0 bridgehead atoms. The normalized spacial score (nSPS) is 16.5. The van der Waals surface area contributed by atoms with Gasteiger partial charge in [0.15, 0.2) is 0 Å². The van der Waals surface area contributed by atoms with Crippen molar-refractivity contribution in [1.29, 1.82) is 0 Å². The highest BCUT2D eigenvalue weighted by Gasteiger charge is 2.33. The van der Waals surface area contributed by atoms with Gasteiger partial charge in [-0.15, -0.1) is 0 Å². The molecule has 176 valence electrons. The van der Waals surface area contributed by atoms with Gasteiger partial charge in [0.1, 0.15) is 11.6 Å². The maximum atomic E-state index is 14.9. The van der Waals surface area contributed by atoms with Crippen molar-refractivity contribution in [2.24, 2.45) is 0 Å². The lowest BCUT2D eigenvalue weighted by atomic mass is 10.0. The number of carbonyl (C=O) groups is 1. The zero-order valence-corrected chi connectivity index (χ0v) is 19.4. The smallest absolute Gasteiger partial charge is 0.254 e. The van der Waals surface area contributed by atoms with Crippen LogP contribution >= 0.6 is 0 Å². The third-order valence-electron chi connectivity index (χ3n) is 6.43. The predicted molar refractivity (Wildman–Crippen MR) is 135 cm³/mol. The summed E-state index contributed by atoms with van der Waals surface area (Å²) in [5.41, 5.74) is 4.40. The van der Waals surface area contributed by atoms with Gasteiger partial charge in [-0.2, -0.15) is 0 Å². The molecule has 1 aliphatic carbocycles. The number of rotatable bonds is 6. The number of anilines is 1. The van der Waals surface area contributed by atoms with E-state index in [2.05, 4.69) is 10.3 Å². The largest absolute Gasteiger partial charge is 0.390 e. The van der Waals surface area contributed by atoms with E-state index in [9.17, 15) is 14.3 Å². The fourth-order valence-electron chi connectivity index (χ4n) is 4.61. The van der Waals surface area contributed by atoms with Crippen molar-refractivity contribution < 1.29 is 14.3 Å². The number of hydrogen-bond acceptors (Lipinski definition) is 4. The molecule has 5 rings (SSSR count). The van der Waals surface area contributed by atoms with Gasteiger partial charge in [-0.3, -0.25) is 4.79 Å². The fraction of sp³-hybridized carbons (Fsp3) is 0.172. The average molecular weight is 468 g/mol. The van der Waals surface area contributed by atoms with E-state index in [1.54, 1.807) is 12.3 Å². The van der Waals surface area contributed by atoms with Crippen molar-refractivity contribution in [3.8, 4) is 11.1 Å². The maximum Gasteiger partial charge on any atom is 0.254 e. The summed E-state index contributed by atoms with van der Waals surface area (Å²) >= 11 is 0. The quantitative estimate of drug-likeness (QED) is 0.423. The number of nitrogens with zero attached hydrogens (tertiary/aromatic N) is 2. The fourth-order valence-corrected chi connectivity index (χ4v) is 4.61. The van der Waals surface area contributed by atoms with Gasteiger partial charge in [0, 0.05) is 26.2 Å². The number of aromatic nitrogens is 1. The van der Waals surface area contributed by atoms with Crippen LogP contribution in [-0.4, -0.2) is 29.1 Å². The van der Waals surface area contributed by atoms with Gasteiger partial charge in [-0.25, -0.2) is 9.37 Å². The van der Waals surface area contributed by atoms with E-state index < -0.39 is 23.9 Å². The Morgan fingerprint density at radius 1 is 1.03 bits per heavy atom. The lowest BCUT2D eigenvalue weighted by Gasteiger charge is -2.21. The number of aliphatic hydroxyl groups excluding tert-OH is 1. The van der Waals surface area contributed by atoms with Crippen molar-refractivity contribution >= 4 is 11.7 Å². The molecule has 0 saturated heterocycles. The summed E-state index contributed by atoms with van der Waals surface area (Å²) in [6.07, 6.45) is 1.41. The molecular formula is C29H26FN3O2. The monoisotopic (exact) mass is 467 g/mol. The summed E-state index contributed by atoms with van der Waals surface area (Å²) in [5.74, 6) is -0.287. The van der Waals surface area contributed by atoms with Crippen LogP contribution in [0.4, 0.5) is 10.2 Å². The number of carbonyl (C=O) groups excluding carboxylic acids is 1. The molecular weight excluding hydrogens is 441 g/mol. The molecule has 2 N–H and O–H groups in total. The Bertz CT molecular complexity index is 1340. The van der Waals surface area contributed by atoms with Crippen molar-refractivity contribution in [1.82, 2.24) is 10.3 Å². The lowest BCUT2D eigenvalue weighted by molar-refractivity contribution is 0.0854. The van der Waals surface area contributed by atoms with Crippen LogP contribution in [0, 0.1) is 5.82 Å². The molecule has 0 fully saturated rings. The van der Waals surface area contributed by atoms with Crippen LogP contribution in [0.2, 0.25) is 0 Å². The number of hydrogen-bond donors (Lipinski definition) is 2. The van der Waals surface area contributed by atoms with E-state index in [4.69, 9.17) is 0 Å². The molecule has 4 aromatic rings. The number of nitrogens with one attached hydrogen (secondary N) is 1. The first-order chi connectivity index (χ1) is 17.0. The van der Waals surface area contributed by atoms with Gasteiger partial charge >= 0.3 is 0 Å². The third kappa shape index (κ3) is 4.79. The molecule has 35 heavy (non-hydrogen) atoms. The van der Waals surface area contributed by atoms with Crippen molar-refractivity contribution in [3.63, 3.8) is 0 Å². The minimum absolute atomic E-state index is 0.0450. The average Bonchev–Trinajstić information content (AvgIpc) is 3.19. The maximum absolute atomic E-state index is 14.9. The second-order valence-corrected chi connectivity index (χ2v) is 8.86. The molecule has 2 atom stereocenters. The number of amides is 1. The number of pyridine rings is 1. The van der Waals surface area contributed by atoms with E-state index in [-0.39, 0.29) is 5.56 Å². The van der Waals surface area contributed by atoms with E-state index in [0.29, 0.717) is 18.5 Å². The highest BCUT2D eigenvalue weighted by atomic mass is 19.1. The molecule has 1 aliphatic rings. The molecule has 3 aromatic carbocycles. The molecule has 6 heteroatoms. The second kappa shape index (κ2) is 9.68. The Kier molecular flexibility index (Phi) is 6.29. The minimum Gasteiger partial charge on any atom is -0.390 e. The molecule has 1 amide bonds. The Morgan fingerprint density at radius 3 is 2.57 bits per heavy atom. The first kappa shape index (κ1) is 22.7. The molecule has 1 heterocycles. The molecule has 0 spiro atoms. The van der Waals surface area contributed by atoms with Gasteiger partial charge in [0.25, 0.3) is 5.91 Å². The Hall–Kier alpha value is -4.03. The molecule has 5 nitrogen and oxygen atoms in total. The summed E-state index contributed by atoms with van der Waals surface area (Å²) < 4.78 is 14.9. The molecule has 0 aliphatic heterocycles. The SMILES string of the molecule is CN(Cc1ccc2c(c1)[C@@H](NC(=O)c1ccc(-c3ccccc3)cc1F)[C@H](O)C2)c1ccccn1. The van der Waals surface area contributed by atoms with E-state index in [1.165, 1.54) is 12.1 Å². The highest BCUT2D eigenvalue weighted by molar-refractivity contribution is 5.95. The van der Waals surface area contributed by atoms with E-state index in [0.717, 1.165) is 28.1 Å². The topological polar surface area (TPSA) is 65.5 Å². The highest BCUT2D eigenvalue weighted by Crippen LogP contribution is 2.33. The van der Waals surface area contributed by atoms with Crippen LogP contribution in [0.15, 0.2) is 91.1 Å². The van der Waals surface area contributed by atoms with Crippen LogP contribution in [0.5, 0.6) is 0 Å². The first-order valence-electron chi connectivity index (χ1n) is 11.6. The molecule has 1 aromatic heterocycles. The third-order valence-corrected chi connectivity index (χ3v) is 6.43. The summed E-state index contributed by atoms with van der Waals surface area (Å²) in [7, 11) is 1.96. The van der Waals surface area contributed by atoms with Crippen molar-refractivity contribution in [3.05, 3.63) is 119 Å². The van der Waals surface area contributed by atoms with Gasteiger partial charge in [-0.1, -0.05) is 60.7 Å². The number of halogens is 1. The standard InChI is InChI=1S/C29H26FN3O2/c1-33(27-9-5-6-14-31-27)18-19-10-11-22-17-26(34)28(24(22)15-19)32-29(35)23-13-12-21(16-25(23)30)20-7-3-2-4-8-20/h2-16,26,28,34H,17-18H2,1H3,(H,32,35)/t26-,28-/m1/s1. The Morgan fingerprint density at radius 2 is 1.83 bits per heavy atom. The number of aliphatic hydroxyl groups is 1. The van der Waals surface area contributed by atoms with Gasteiger partial charge in [0.05, 0.1) is 17.7 Å². The van der Waals surface area contributed by atoms with E-state index >= 15 is 0 Å². The second-order valence-electron chi connectivity index (χ2n) is 8.86. The summed E-state index contributed by atoms with van der Waals surface area (Å²) in [5, 5.41) is 13.5. The van der Waals surface area contributed by atoms with Gasteiger partial charge in [-0.05, 0) is 52.1 Å². The zero-order valence-electron chi connectivity index (χ0n) is 19.4. The van der Waals surface area contributed by atoms with Crippen molar-refractivity contribution in [2.45, 2.75) is 25.1 Å². The molecule has 0 radical (unpaired) electrons. The van der Waals surface area contributed by atoms with Crippen molar-refractivity contribution in [2.75, 3.05) is 11.9 Å². The molecule has 0 unspecified atom stereocenters. The summed E-state index contributed by atoms with van der Waals surface area (Å²) in [4.78, 5) is 19.4. The van der Waals surface area contributed by atoms with E-state index in [1.807, 2.05) is 78.7 Å². The van der Waals surface area contributed by atoms with Crippen LogP contribution in [0.3, 0.4) is 0 Å². The minimum atomic E-state index is -0.774.